The van der Waals surface area contributed by atoms with E-state index in [2.05, 4.69) is 9.05 Å². The van der Waals surface area contributed by atoms with Crippen LogP contribution in [0.15, 0.2) is 0 Å². The molecular formula is C10H22FO3P. The first-order chi connectivity index (χ1) is 6.41. The molecule has 0 rings (SSSR count). The third kappa shape index (κ3) is 10.4. The lowest BCUT2D eigenvalue weighted by molar-refractivity contribution is 0.104. The molecule has 0 aliphatic rings. The van der Waals surface area contributed by atoms with Gasteiger partial charge in [-0.1, -0.05) is 41.5 Å². The zero-order chi connectivity index (χ0) is 12.3. The number of hydrogen-bond acceptors (Lipinski definition) is 3. The van der Waals surface area contributed by atoms with Gasteiger partial charge in [0.2, 0.25) is 0 Å². The summed E-state index contributed by atoms with van der Waals surface area (Å²) in [6.45, 7) is 11.4. The molecule has 0 aliphatic heterocycles. The Hall–Kier alpha value is 0.0800. The van der Waals surface area contributed by atoms with Gasteiger partial charge in [-0.2, -0.15) is 0 Å². The molecule has 0 amide bonds. The maximum absolute atomic E-state index is 13.3. The SMILES string of the molecule is CC(C)(C)COP(=O)(F)OCC(C)(C)C. The molecule has 0 saturated carbocycles. The Morgan fingerprint density at radius 3 is 1.40 bits per heavy atom. The standard InChI is InChI=1S/C10H22FO3P/c1-9(2,3)7-13-15(11,12)14-8-10(4,5)6/h7-8H2,1-6H3. The molecule has 0 aromatic carbocycles. The number of rotatable bonds is 4. The van der Waals surface area contributed by atoms with E-state index in [4.69, 9.17) is 0 Å². The van der Waals surface area contributed by atoms with Gasteiger partial charge in [0.15, 0.2) is 0 Å². The zero-order valence-corrected chi connectivity index (χ0v) is 11.4. The second-order valence-electron chi connectivity index (χ2n) is 6.10. The fraction of sp³-hybridized carbons (Fsp3) is 1.00. The van der Waals surface area contributed by atoms with Gasteiger partial charge >= 0.3 is 7.91 Å². The van der Waals surface area contributed by atoms with Crippen LogP contribution < -0.4 is 0 Å². The summed E-state index contributed by atoms with van der Waals surface area (Å²) >= 11 is 0. The molecule has 0 aromatic heterocycles. The van der Waals surface area contributed by atoms with Crippen LogP contribution in [0.25, 0.3) is 0 Å². The Morgan fingerprint density at radius 1 is 0.933 bits per heavy atom. The molecule has 92 valence electrons. The smallest absolute Gasteiger partial charge is 0.283 e. The van der Waals surface area contributed by atoms with Crippen LogP contribution in [0.2, 0.25) is 0 Å². The minimum Gasteiger partial charge on any atom is -0.283 e. The third-order valence-corrected chi connectivity index (χ3v) is 2.18. The van der Waals surface area contributed by atoms with Gasteiger partial charge in [0, 0.05) is 0 Å². The van der Waals surface area contributed by atoms with Crippen molar-refractivity contribution in [2.75, 3.05) is 13.2 Å². The van der Waals surface area contributed by atoms with Crippen LogP contribution in [0, 0.1) is 10.8 Å². The van der Waals surface area contributed by atoms with E-state index in [1.54, 1.807) is 0 Å². The quantitative estimate of drug-likeness (QED) is 0.691. The van der Waals surface area contributed by atoms with E-state index in [0.717, 1.165) is 0 Å². The largest absolute Gasteiger partial charge is 0.513 e. The summed E-state index contributed by atoms with van der Waals surface area (Å²) in [4.78, 5) is 0. The highest BCUT2D eigenvalue weighted by atomic mass is 31.2. The molecule has 3 nitrogen and oxygen atoms in total. The molecule has 0 heterocycles. The Morgan fingerprint density at radius 2 is 1.20 bits per heavy atom. The normalized spacial score (nSPS) is 14.3. The number of hydrogen-bond donors (Lipinski definition) is 0. The second kappa shape index (κ2) is 4.94. The summed E-state index contributed by atoms with van der Waals surface area (Å²) in [5.41, 5.74) is -0.459. The van der Waals surface area contributed by atoms with Crippen LogP contribution >= 0.6 is 7.91 Å². The minimum atomic E-state index is -4.39. The topological polar surface area (TPSA) is 35.5 Å². The second-order valence-corrected chi connectivity index (χ2v) is 7.48. The van der Waals surface area contributed by atoms with E-state index in [9.17, 15) is 8.76 Å². The summed E-state index contributed by atoms with van der Waals surface area (Å²) < 4.78 is 33.8. The molecule has 5 heteroatoms. The van der Waals surface area contributed by atoms with E-state index in [1.165, 1.54) is 0 Å². The molecule has 0 atom stereocenters. The van der Waals surface area contributed by atoms with Crippen molar-refractivity contribution in [1.82, 2.24) is 0 Å². The van der Waals surface area contributed by atoms with Crippen molar-refractivity contribution in [2.45, 2.75) is 41.5 Å². The maximum atomic E-state index is 13.3. The van der Waals surface area contributed by atoms with Crippen molar-refractivity contribution in [3.63, 3.8) is 0 Å². The first-order valence-electron chi connectivity index (χ1n) is 5.00. The predicted molar refractivity (Wildman–Crippen MR) is 59.5 cm³/mol. The van der Waals surface area contributed by atoms with E-state index in [0.29, 0.717) is 0 Å². The van der Waals surface area contributed by atoms with Crippen molar-refractivity contribution >= 4 is 7.91 Å². The lowest BCUT2D eigenvalue weighted by atomic mass is 9.99. The fourth-order valence-corrected chi connectivity index (χ4v) is 1.74. The van der Waals surface area contributed by atoms with Gasteiger partial charge in [-0.25, -0.2) is 4.57 Å². The molecule has 0 fully saturated rings. The van der Waals surface area contributed by atoms with Crippen molar-refractivity contribution in [1.29, 1.82) is 0 Å². The Labute approximate surface area is 92.0 Å². The van der Waals surface area contributed by atoms with Crippen LogP contribution in [-0.2, 0) is 13.6 Å². The third-order valence-electron chi connectivity index (χ3n) is 1.30. The molecule has 0 aromatic rings. The highest BCUT2D eigenvalue weighted by Gasteiger charge is 2.29. The van der Waals surface area contributed by atoms with Crippen molar-refractivity contribution in [3.8, 4) is 0 Å². The van der Waals surface area contributed by atoms with E-state index >= 15 is 0 Å². The predicted octanol–water partition coefficient (Wildman–Crippen LogP) is 4.19. The summed E-state index contributed by atoms with van der Waals surface area (Å²) in [6.07, 6.45) is 0. The monoisotopic (exact) mass is 240 g/mol. The Balaban J connectivity index is 4.04. The molecule has 0 N–H and O–H groups in total. The van der Waals surface area contributed by atoms with Gasteiger partial charge in [0.25, 0.3) is 0 Å². The molecule has 0 saturated heterocycles. The van der Waals surface area contributed by atoms with Crippen LogP contribution in [0.1, 0.15) is 41.5 Å². The molecule has 0 spiro atoms. The molecule has 0 bridgehead atoms. The maximum Gasteiger partial charge on any atom is 0.513 e. The number of halogens is 1. The van der Waals surface area contributed by atoms with Crippen LogP contribution in [-0.4, -0.2) is 13.2 Å². The Kier molecular flexibility index (Phi) is 4.97. The highest BCUT2D eigenvalue weighted by Crippen LogP contribution is 2.51. The molecular weight excluding hydrogens is 218 g/mol. The molecule has 15 heavy (non-hydrogen) atoms. The van der Waals surface area contributed by atoms with E-state index in [-0.39, 0.29) is 24.0 Å². The first-order valence-corrected chi connectivity index (χ1v) is 6.43. The minimum absolute atomic E-state index is 0.0743. The van der Waals surface area contributed by atoms with Gasteiger partial charge in [0.1, 0.15) is 0 Å². The lowest BCUT2D eigenvalue weighted by Crippen LogP contribution is -2.16. The summed E-state index contributed by atoms with van der Waals surface area (Å²) in [6, 6.07) is 0. The summed E-state index contributed by atoms with van der Waals surface area (Å²) in [5.74, 6) is 0. The summed E-state index contributed by atoms with van der Waals surface area (Å²) in [7, 11) is -4.39. The van der Waals surface area contributed by atoms with Gasteiger partial charge in [0.05, 0.1) is 13.2 Å². The lowest BCUT2D eigenvalue weighted by Gasteiger charge is -2.22. The molecule has 0 aliphatic carbocycles. The van der Waals surface area contributed by atoms with Gasteiger partial charge < -0.3 is 0 Å². The van der Waals surface area contributed by atoms with Crippen molar-refractivity contribution < 1.29 is 17.8 Å². The molecule has 0 unspecified atom stereocenters. The van der Waals surface area contributed by atoms with Crippen LogP contribution in [0.4, 0.5) is 4.20 Å². The fourth-order valence-electron chi connectivity index (χ4n) is 0.579. The highest BCUT2D eigenvalue weighted by molar-refractivity contribution is 7.48. The summed E-state index contributed by atoms with van der Waals surface area (Å²) in [5, 5.41) is 0. The zero-order valence-electron chi connectivity index (χ0n) is 10.5. The van der Waals surface area contributed by atoms with Crippen LogP contribution in [0.3, 0.4) is 0 Å². The molecule has 0 radical (unpaired) electrons. The Bertz CT molecular complexity index is 218. The van der Waals surface area contributed by atoms with Gasteiger partial charge in [-0.15, -0.1) is 4.20 Å². The first kappa shape index (κ1) is 15.1. The average molecular weight is 240 g/mol. The van der Waals surface area contributed by atoms with Gasteiger partial charge in [-0.05, 0) is 10.8 Å². The van der Waals surface area contributed by atoms with Crippen LogP contribution in [0.5, 0.6) is 0 Å². The van der Waals surface area contributed by atoms with Crippen molar-refractivity contribution in [2.24, 2.45) is 10.8 Å². The van der Waals surface area contributed by atoms with Crippen molar-refractivity contribution in [3.05, 3.63) is 0 Å². The van der Waals surface area contributed by atoms with E-state index in [1.807, 2.05) is 41.5 Å². The average Bonchev–Trinajstić information content (AvgIpc) is 1.96. The van der Waals surface area contributed by atoms with E-state index < -0.39 is 7.91 Å². The van der Waals surface area contributed by atoms with Gasteiger partial charge in [-0.3, -0.25) is 9.05 Å².